The molecule has 0 saturated carbocycles. The summed E-state index contributed by atoms with van der Waals surface area (Å²) in [5.41, 5.74) is 5.59. The van der Waals surface area contributed by atoms with Gasteiger partial charge in [0.1, 0.15) is 10.7 Å². The molecule has 0 aliphatic carbocycles. The van der Waals surface area contributed by atoms with Crippen LogP contribution in [0.15, 0.2) is 53.9 Å². The monoisotopic (exact) mass is 405 g/mol. The quantitative estimate of drug-likeness (QED) is 0.475. The molecule has 0 bridgehead atoms. The second-order valence-electron chi connectivity index (χ2n) is 6.97. The van der Waals surface area contributed by atoms with Gasteiger partial charge in [-0.1, -0.05) is 30.3 Å². The minimum atomic E-state index is -0.194. The molecule has 0 unspecified atom stereocenters. The van der Waals surface area contributed by atoms with Crippen LogP contribution in [0.1, 0.15) is 21.6 Å². The van der Waals surface area contributed by atoms with Crippen LogP contribution in [-0.4, -0.2) is 29.2 Å². The molecule has 0 fully saturated rings. The van der Waals surface area contributed by atoms with Crippen LogP contribution < -0.4 is 5.32 Å². The molecular weight excluding hydrogens is 382 g/mol. The van der Waals surface area contributed by atoms with Crippen molar-refractivity contribution in [2.45, 2.75) is 20.4 Å². The third kappa shape index (κ3) is 3.81. The zero-order chi connectivity index (χ0) is 20.4. The highest BCUT2D eigenvalue weighted by atomic mass is 32.1. The first-order valence-electron chi connectivity index (χ1n) is 9.49. The zero-order valence-electron chi connectivity index (χ0n) is 16.7. The molecule has 0 radical (unpaired) electrons. The van der Waals surface area contributed by atoms with Crippen molar-refractivity contribution in [2.75, 3.05) is 19.0 Å². The van der Waals surface area contributed by atoms with Gasteiger partial charge in [-0.05, 0) is 43.2 Å². The van der Waals surface area contributed by atoms with E-state index in [9.17, 15) is 4.79 Å². The number of hydrogen-bond donors (Lipinski definition) is 1. The van der Waals surface area contributed by atoms with E-state index in [1.165, 1.54) is 11.3 Å². The first-order valence-corrected chi connectivity index (χ1v) is 10.4. The number of para-hydroxylation sites is 1. The minimum absolute atomic E-state index is 0.194. The molecule has 1 amide bonds. The summed E-state index contributed by atoms with van der Waals surface area (Å²) in [5, 5.41) is 6.77. The Balaban J connectivity index is 1.65. The number of benzene rings is 2. The normalized spacial score (nSPS) is 11.1. The van der Waals surface area contributed by atoms with Crippen LogP contribution in [0.4, 0.5) is 5.69 Å². The summed E-state index contributed by atoms with van der Waals surface area (Å²) in [4.78, 5) is 17.4. The molecule has 2 heterocycles. The lowest BCUT2D eigenvalue weighted by molar-refractivity contribution is 0.102. The van der Waals surface area contributed by atoms with Gasteiger partial charge in [-0.25, -0.2) is 4.98 Å². The van der Waals surface area contributed by atoms with Crippen LogP contribution in [0.25, 0.3) is 21.6 Å². The Morgan fingerprint density at radius 1 is 1.17 bits per heavy atom. The Hall–Kier alpha value is -2.96. The minimum Gasteiger partial charge on any atom is -0.383 e. The molecule has 4 rings (SSSR count). The fraction of sp³-hybridized carbons (Fsp3) is 0.217. The number of hydrogen-bond acceptors (Lipinski definition) is 4. The fourth-order valence-corrected chi connectivity index (χ4v) is 4.20. The summed E-state index contributed by atoms with van der Waals surface area (Å²) in [6.07, 6.45) is 0. The van der Waals surface area contributed by atoms with Gasteiger partial charge >= 0.3 is 0 Å². The molecule has 0 atom stereocenters. The molecule has 2 aromatic heterocycles. The van der Waals surface area contributed by atoms with Crippen molar-refractivity contribution >= 4 is 33.8 Å². The van der Waals surface area contributed by atoms with E-state index in [2.05, 4.69) is 33.1 Å². The van der Waals surface area contributed by atoms with E-state index in [0.717, 1.165) is 45.0 Å². The predicted molar refractivity (Wildman–Crippen MR) is 119 cm³/mol. The highest BCUT2D eigenvalue weighted by Gasteiger charge is 2.17. The second-order valence-corrected chi connectivity index (χ2v) is 7.83. The number of methoxy groups -OCH3 is 1. The van der Waals surface area contributed by atoms with Gasteiger partial charge in [0, 0.05) is 35.6 Å². The molecule has 0 saturated heterocycles. The molecule has 29 heavy (non-hydrogen) atoms. The van der Waals surface area contributed by atoms with E-state index < -0.39 is 0 Å². The van der Waals surface area contributed by atoms with Gasteiger partial charge in [0.2, 0.25) is 0 Å². The standard InChI is InChI=1S/C23H23N3O2S/c1-15-7-6-9-18(16(15)2)24-22(27)19-14-29-23(25-19)21-13-17-8-4-5-10-20(17)26(21)11-12-28-3/h4-10,13-14H,11-12H2,1-3H3,(H,24,27). The maximum Gasteiger partial charge on any atom is 0.275 e. The summed E-state index contributed by atoms with van der Waals surface area (Å²) < 4.78 is 7.48. The maximum absolute atomic E-state index is 12.8. The van der Waals surface area contributed by atoms with Gasteiger partial charge in [0.15, 0.2) is 0 Å². The highest BCUT2D eigenvalue weighted by molar-refractivity contribution is 7.13. The van der Waals surface area contributed by atoms with Gasteiger partial charge in [0.25, 0.3) is 5.91 Å². The second kappa shape index (κ2) is 8.19. The van der Waals surface area contributed by atoms with Gasteiger partial charge in [-0.2, -0.15) is 0 Å². The molecule has 5 nitrogen and oxygen atoms in total. The number of carbonyl (C=O) groups excluding carboxylic acids is 1. The zero-order valence-corrected chi connectivity index (χ0v) is 17.5. The SMILES string of the molecule is COCCn1c(-c2nc(C(=O)Nc3cccc(C)c3C)cs2)cc2ccccc21. The average molecular weight is 406 g/mol. The Morgan fingerprint density at radius 2 is 2.00 bits per heavy atom. The number of aryl methyl sites for hydroxylation is 1. The molecule has 2 aromatic carbocycles. The van der Waals surface area contributed by atoms with E-state index in [1.54, 1.807) is 7.11 Å². The maximum atomic E-state index is 12.8. The average Bonchev–Trinajstić information content (AvgIpc) is 3.34. The molecule has 6 heteroatoms. The van der Waals surface area contributed by atoms with Crippen molar-refractivity contribution in [3.05, 3.63) is 70.7 Å². The molecule has 0 aliphatic rings. The van der Waals surface area contributed by atoms with Crippen LogP contribution in [0.2, 0.25) is 0 Å². The number of nitrogens with one attached hydrogen (secondary N) is 1. The topological polar surface area (TPSA) is 56.2 Å². The number of aromatic nitrogens is 2. The Kier molecular flexibility index (Phi) is 5.47. The largest absolute Gasteiger partial charge is 0.383 e. The lowest BCUT2D eigenvalue weighted by atomic mass is 10.1. The summed E-state index contributed by atoms with van der Waals surface area (Å²) in [6.45, 7) is 5.37. The molecule has 1 N–H and O–H groups in total. The Labute approximate surface area is 174 Å². The summed E-state index contributed by atoms with van der Waals surface area (Å²) in [6, 6.07) is 16.2. The lowest BCUT2D eigenvalue weighted by Gasteiger charge is -2.09. The first-order chi connectivity index (χ1) is 14.1. The van der Waals surface area contributed by atoms with Crippen molar-refractivity contribution < 1.29 is 9.53 Å². The van der Waals surface area contributed by atoms with Gasteiger partial charge in [-0.3, -0.25) is 4.79 Å². The molecule has 148 valence electrons. The number of carbonyl (C=O) groups is 1. The van der Waals surface area contributed by atoms with Gasteiger partial charge in [0.05, 0.1) is 12.3 Å². The fourth-order valence-electron chi connectivity index (χ4n) is 3.38. The third-order valence-corrected chi connectivity index (χ3v) is 6.00. The first kappa shape index (κ1) is 19.4. The molecule has 4 aromatic rings. The number of amides is 1. The number of rotatable bonds is 6. The van der Waals surface area contributed by atoms with Crippen LogP contribution >= 0.6 is 11.3 Å². The Bertz CT molecular complexity index is 1180. The van der Waals surface area contributed by atoms with Crippen LogP contribution in [-0.2, 0) is 11.3 Å². The van der Waals surface area contributed by atoms with E-state index in [-0.39, 0.29) is 5.91 Å². The van der Waals surface area contributed by atoms with E-state index >= 15 is 0 Å². The van der Waals surface area contributed by atoms with Crippen molar-refractivity contribution in [2.24, 2.45) is 0 Å². The van der Waals surface area contributed by atoms with Gasteiger partial charge < -0.3 is 14.6 Å². The summed E-state index contributed by atoms with van der Waals surface area (Å²) in [5.74, 6) is -0.194. The summed E-state index contributed by atoms with van der Waals surface area (Å²) in [7, 11) is 1.70. The van der Waals surface area contributed by atoms with Crippen molar-refractivity contribution in [1.29, 1.82) is 0 Å². The van der Waals surface area contributed by atoms with Crippen LogP contribution in [0.3, 0.4) is 0 Å². The van der Waals surface area contributed by atoms with E-state index in [4.69, 9.17) is 4.74 Å². The number of thiazole rings is 1. The predicted octanol–water partition coefficient (Wildman–Crippen LogP) is 5.28. The van der Waals surface area contributed by atoms with Crippen molar-refractivity contribution in [1.82, 2.24) is 9.55 Å². The van der Waals surface area contributed by atoms with Crippen molar-refractivity contribution in [3.8, 4) is 10.7 Å². The highest BCUT2D eigenvalue weighted by Crippen LogP contribution is 2.31. The molecular formula is C23H23N3O2S. The van der Waals surface area contributed by atoms with Gasteiger partial charge in [-0.15, -0.1) is 11.3 Å². The molecule has 0 spiro atoms. The number of fused-ring (bicyclic) bond motifs is 1. The van der Waals surface area contributed by atoms with Crippen molar-refractivity contribution in [3.63, 3.8) is 0 Å². The number of ether oxygens (including phenoxy) is 1. The smallest absolute Gasteiger partial charge is 0.275 e. The third-order valence-electron chi connectivity index (χ3n) is 5.14. The van der Waals surface area contributed by atoms with Crippen LogP contribution in [0, 0.1) is 13.8 Å². The number of anilines is 1. The summed E-state index contributed by atoms with van der Waals surface area (Å²) >= 11 is 1.48. The van der Waals surface area contributed by atoms with Crippen LogP contribution in [0.5, 0.6) is 0 Å². The Morgan fingerprint density at radius 3 is 2.83 bits per heavy atom. The lowest BCUT2D eigenvalue weighted by Crippen LogP contribution is -2.13. The molecule has 0 aliphatic heterocycles. The van der Waals surface area contributed by atoms with E-state index in [1.807, 2.05) is 49.6 Å². The van der Waals surface area contributed by atoms with E-state index in [0.29, 0.717) is 12.3 Å². The number of nitrogens with zero attached hydrogens (tertiary/aromatic N) is 2.